The molecule has 0 saturated heterocycles. The lowest BCUT2D eigenvalue weighted by molar-refractivity contribution is -0.127. The number of carbonyl (C=O) groups is 1. The summed E-state index contributed by atoms with van der Waals surface area (Å²) in [5, 5.41) is 0.751. The van der Waals surface area contributed by atoms with Gasteiger partial charge in [-0.15, -0.1) is 0 Å². The van der Waals surface area contributed by atoms with Gasteiger partial charge in [-0.2, -0.15) is 0 Å². The molecule has 1 nitrogen and oxygen atoms in total. The summed E-state index contributed by atoms with van der Waals surface area (Å²) in [6.45, 7) is 2.13. The molecule has 0 bridgehead atoms. The van der Waals surface area contributed by atoms with E-state index in [9.17, 15) is 4.79 Å². The number of Topliss-reactive ketones (excluding diaryl/α,β-unsaturated/α-hetero) is 1. The molecule has 0 aromatic heterocycles. The Morgan fingerprint density at radius 2 is 2.07 bits per heavy atom. The average Bonchev–Trinajstić information content (AvgIpc) is 2.07. The third kappa shape index (κ3) is 1.70. The first-order valence-corrected chi connectivity index (χ1v) is 5.94. The first-order chi connectivity index (χ1) is 6.51. The zero-order chi connectivity index (χ0) is 10.3. The molecule has 0 amide bonds. The van der Waals surface area contributed by atoms with Crippen LogP contribution < -0.4 is 0 Å². The summed E-state index contributed by atoms with van der Waals surface area (Å²) in [7, 11) is 0. The highest BCUT2D eigenvalue weighted by Gasteiger charge is 2.41. The molecule has 1 aliphatic carbocycles. The second-order valence-electron chi connectivity index (χ2n) is 4.08. The summed E-state index contributed by atoms with van der Waals surface area (Å²) in [5.74, 6) is 0.350. The van der Waals surface area contributed by atoms with Crippen LogP contribution in [0.1, 0.15) is 25.3 Å². The fraction of sp³-hybridized carbons (Fsp3) is 0.364. The van der Waals surface area contributed by atoms with Crippen LogP contribution in [0.15, 0.2) is 18.2 Å². The van der Waals surface area contributed by atoms with E-state index in [0.717, 1.165) is 5.02 Å². The summed E-state index contributed by atoms with van der Waals surface area (Å²) in [6.07, 6.45) is 1.31. The fourth-order valence-corrected chi connectivity index (χ4v) is 3.13. The van der Waals surface area contributed by atoms with Crippen molar-refractivity contribution in [3.63, 3.8) is 0 Å². The molecule has 1 saturated carbocycles. The van der Waals surface area contributed by atoms with E-state index in [-0.39, 0.29) is 5.41 Å². The van der Waals surface area contributed by atoms with E-state index in [1.165, 1.54) is 9.13 Å². The van der Waals surface area contributed by atoms with Gasteiger partial charge in [0.05, 0.1) is 0 Å². The SMILES string of the molecule is CC1(c2cc(Cl)ccc2I)CC(=O)C1. The van der Waals surface area contributed by atoms with Crippen LogP contribution in [0.2, 0.25) is 5.02 Å². The molecule has 1 aromatic carbocycles. The second kappa shape index (κ2) is 3.49. The molecule has 0 spiro atoms. The summed E-state index contributed by atoms with van der Waals surface area (Å²) >= 11 is 8.25. The number of carbonyl (C=O) groups excluding carboxylic acids is 1. The van der Waals surface area contributed by atoms with Crippen LogP contribution in [0.25, 0.3) is 0 Å². The van der Waals surface area contributed by atoms with Crippen LogP contribution in [0.3, 0.4) is 0 Å². The molecule has 0 atom stereocenters. The molecular weight excluding hydrogens is 310 g/mol. The molecule has 2 rings (SSSR count). The Kier molecular flexibility index (Phi) is 2.60. The Labute approximate surface area is 102 Å². The average molecular weight is 321 g/mol. The van der Waals surface area contributed by atoms with Crippen molar-refractivity contribution >= 4 is 40.0 Å². The van der Waals surface area contributed by atoms with Gasteiger partial charge in [0.1, 0.15) is 5.78 Å². The van der Waals surface area contributed by atoms with E-state index in [2.05, 4.69) is 29.5 Å². The first kappa shape index (κ1) is 10.4. The van der Waals surface area contributed by atoms with Gasteiger partial charge in [-0.25, -0.2) is 0 Å². The quantitative estimate of drug-likeness (QED) is 0.723. The largest absolute Gasteiger partial charge is 0.300 e. The normalized spacial score (nSPS) is 19.2. The first-order valence-electron chi connectivity index (χ1n) is 4.48. The summed E-state index contributed by atoms with van der Waals surface area (Å²) in [6, 6.07) is 5.87. The third-order valence-corrected chi connectivity index (χ3v) is 3.93. The van der Waals surface area contributed by atoms with Crippen molar-refractivity contribution in [3.05, 3.63) is 32.4 Å². The minimum absolute atomic E-state index is 0.0263. The predicted octanol–water partition coefficient (Wildman–Crippen LogP) is 3.57. The lowest BCUT2D eigenvalue weighted by atomic mass is 9.65. The van der Waals surface area contributed by atoms with Gasteiger partial charge in [0.2, 0.25) is 0 Å². The molecule has 74 valence electrons. The van der Waals surface area contributed by atoms with Gasteiger partial charge in [0.15, 0.2) is 0 Å². The van der Waals surface area contributed by atoms with Crippen LogP contribution >= 0.6 is 34.2 Å². The van der Waals surface area contributed by atoms with Crippen molar-refractivity contribution in [2.24, 2.45) is 0 Å². The number of rotatable bonds is 1. The molecule has 3 heteroatoms. The zero-order valence-corrected chi connectivity index (χ0v) is 10.7. The van der Waals surface area contributed by atoms with E-state index < -0.39 is 0 Å². The molecule has 0 aliphatic heterocycles. The number of hydrogen-bond acceptors (Lipinski definition) is 1. The van der Waals surface area contributed by atoms with Crippen LogP contribution in [-0.2, 0) is 10.2 Å². The van der Waals surface area contributed by atoms with E-state index in [1.807, 2.05) is 18.2 Å². The maximum absolute atomic E-state index is 11.0. The van der Waals surface area contributed by atoms with E-state index in [1.54, 1.807) is 0 Å². The highest BCUT2D eigenvalue weighted by Crippen LogP contribution is 2.43. The highest BCUT2D eigenvalue weighted by atomic mass is 127. The lowest BCUT2D eigenvalue weighted by Crippen LogP contribution is -2.39. The molecule has 0 heterocycles. The van der Waals surface area contributed by atoms with Crippen LogP contribution in [-0.4, -0.2) is 5.78 Å². The van der Waals surface area contributed by atoms with Crippen LogP contribution in [0.4, 0.5) is 0 Å². The van der Waals surface area contributed by atoms with Crippen molar-refractivity contribution < 1.29 is 4.79 Å². The topological polar surface area (TPSA) is 17.1 Å². The van der Waals surface area contributed by atoms with E-state index in [4.69, 9.17) is 11.6 Å². The molecule has 0 unspecified atom stereocenters. The molecule has 0 radical (unpaired) electrons. The number of halogens is 2. The predicted molar refractivity (Wildman–Crippen MR) is 65.8 cm³/mol. The smallest absolute Gasteiger partial charge is 0.134 e. The van der Waals surface area contributed by atoms with Crippen LogP contribution in [0.5, 0.6) is 0 Å². The van der Waals surface area contributed by atoms with Crippen molar-refractivity contribution in [3.8, 4) is 0 Å². The van der Waals surface area contributed by atoms with E-state index >= 15 is 0 Å². The van der Waals surface area contributed by atoms with Crippen molar-refractivity contribution in [2.45, 2.75) is 25.2 Å². The molecule has 14 heavy (non-hydrogen) atoms. The van der Waals surface area contributed by atoms with Crippen molar-refractivity contribution in [1.29, 1.82) is 0 Å². The maximum Gasteiger partial charge on any atom is 0.134 e. The van der Waals surface area contributed by atoms with Crippen molar-refractivity contribution in [1.82, 2.24) is 0 Å². The Hall–Kier alpha value is -0.0900. The third-order valence-electron chi connectivity index (χ3n) is 2.75. The highest BCUT2D eigenvalue weighted by molar-refractivity contribution is 14.1. The van der Waals surface area contributed by atoms with Gasteiger partial charge in [0, 0.05) is 26.8 Å². The molecular formula is C11H10ClIO. The molecule has 1 fully saturated rings. The molecule has 1 aliphatic rings. The van der Waals surface area contributed by atoms with Gasteiger partial charge in [-0.1, -0.05) is 18.5 Å². The van der Waals surface area contributed by atoms with Crippen molar-refractivity contribution in [2.75, 3.05) is 0 Å². The Balaban J connectivity index is 2.41. The number of hydrogen-bond donors (Lipinski definition) is 0. The Morgan fingerprint density at radius 1 is 1.43 bits per heavy atom. The van der Waals surface area contributed by atoms with Gasteiger partial charge in [0.25, 0.3) is 0 Å². The van der Waals surface area contributed by atoms with Gasteiger partial charge in [-0.3, -0.25) is 4.79 Å². The minimum atomic E-state index is 0.0263. The van der Waals surface area contributed by atoms with Gasteiger partial charge in [-0.05, 0) is 46.4 Å². The molecule has 0 N–H and O–H groups in total. The maximum atomic E-state index is 11.0. The number of ketones is 1. The zero-order valence-electron chi connectivity index (χ0n) is 7.81. The molecule has 1 aromatic rings. The summed E-state index contributed by atoms with van der Waals surface area (Å²) < 4.78 is 1.20. The fourth-order valence-electron chi connectivity index (χ4n) is 1.97. The lowest BCUT2D eigenvalue weighted by Gasteiger charge is -2.38. The van der Waals surface area contributed by atoms with Crippen LogP contribution in [0, 0.1) is 3.57 Å². The van der Waals surface area contributed by atoms with Gasteiger partial charge < -0.3 is 0 Å². The summed E-state index contributed by atoms with van der Waals surface area (Å²) in [4.78, 5) is 11.0. The number of benzene rings is 1. The second-order valence-corrected chi connectivity index (χ2v) is 5.68. The van der Waals surface area contributed by atoms with E-state index in [0.29, 0.717) is 18.6 Å². The minimum Gasteiger partial charge on any atom is -0.300 e. The Bertz CT molecular complexity index is 392. The summed E-state index contributed by atoms with van der Waals surface area (Å²) in [5.41, 5.74) is 1.24. The Morgan fingerprint density at radius 3 is 2.64 bits per heavy atom. The standard InChI is InChI=1S/C11H10ClIO/c1-11(5-8(14)6-11)9-4-7(12)2-3-10(9)13/h2-4H,5-6H2,1H3. The monoisotopic (exact) mass is 320 g/mol. The van der Waals surface area contributed by atoms with Gasteiger partial charge >= 0.3 is 0 Å².